The van der Waals surface area contributed by atoms with Crippen LogP contribution in [-0.4, -0.2) is 52.9 Å². The van der Waals surface area contributed by atoms with E-state index in [4.69, 9.17) is 32.8 Å². The van der Waals surface area contributed by atoms with Gasteiger partial charge in [-0.3, -0.25) is 0 Å². The molecule has 0 aliphatic heterocycles. The number of rotatable bonds is 7. The van der Waals surface area contributed by atoms with Crippen molar-refractivity contribution in [3.05, 3.63) is 60.7 Å². The van der Waals surface area contributed by atoms with Crippen LogP contribution in [0.25, 0.3) is 65.4 Å². The highest BCUT2D eigenvalue weighted by atomic mass is 16.5. The van der Waals surface area contributed by atoms with E-state index in [0.29, 0.717) is 83.5 Å². The molecule has 0 fully saturated rings. The number of phenolic OH excluding ortho intramolecular Hbond substituents is 2. The van der Waals surface area contributed by atoms with Gasteiger partial charge in [-0.25, -0.2) is 0 Å². The van der Waals surface area contributed by atoms with Gasteiger partial charge in [-0.2, -0.15) is 0 Å². The van der Waals surface area contributed by atoms with E-state index in [2.05, 4.69) is 0 Å². The van der Waals surface area contributed by atoms with Crippen LogP contribution in [0.1, 0.15) is 0 Å². The third-order valence-electron chi connectivity index (χ3n) is 8.50. The van der Waals surface area contributed by atoms with Crippen LogP contribution in [0.4, 0.5) is 0 Å². The van der Waals surface area contributed by atoms with E-state index in [1.165, 1.54) is 14.2 Å². The third kappa shape index (κ3) is 3.80. The lowest BCUT2D eigenvalue weighted by atomic mass is 9.91. The van der Waals surface area contributed by atoms with Gasteiger partial charge in [-0.05, 0) is 60.7 Å². The summed E-state index contributed by atoms with van der Waals surface area (Å²) in [6, 6.07) is 18.1. The van der Waals surface area contributed by atoms with Crippen molar-refractivity contribution in [2.45, 2.75) is 0 Å². The number of aromatic hydroxyl groups is 2. The standard InChI is InChI=1S/C36H30O9/c1-39-21-11-13-23(41-3)27-17(21)7-9-19(33(27)37)30-34(38)32-26(44-6)16-15-25(43-5)31(32)29-20-10-8-18-22(40-2)12-14-24(42-4)28(18)35(20)45-36(29)30/h7-16,37-38H,1-6H3. The summed E-state index contributed by atoms with van der Waals surface area (Å²) in [5, 5.41) is 29.0. The average Bonchev–Trinajstić information content (AvgIpc) is 3.46. The predicted molar refractivity (Wildman–Crippen MR) is 174 cm³/mol. The molecule has 0 aliphatic rings. The Labute approximate surface area is 257 Å². The van der Waals surface area contributed by atoms with Crippen molar-refractivity contribution in [1.82, 2.24) is 0 Å². The van der Waals surface area contributed by atoms with Crippen LogP contribution in [0.3, 0.4) is 0 Å². The Hall–Kier alpha value is -5.70. The lowest BCUT2D eigenvalue weighted by Gasteiger charge is -2.18. The number of ether oxygens (including phenoxy) is 6. The van der Waals surface area contributed by atoms with Crippen LogP contribution in [0, 0.1) is 0 Å². The quantitative estimate of drug-likeness (QED) is 0.186. The van der Waals surface area contributed by atoms with Crippen LogP contribution in [0.15, 0.2) is 65.1 Å². The second-order valence-electron chi connectivity index (χ2n) is 10.4. The smallest absolute Gasteiger partial charge is 0.147 e. The first-order chi connectivity index (χ1) is 21.9. The molecule has 0 radical (unpaired) electrons. The number of hydrogen-bond donors (Lipinski definition) is 2. The molecule has 6 aromatic carbocycles. The van der Waals surface area contributed by atoms with E-state index < -0.39 is 0 Å². The Morgan fingerprint density at radius 1 is 0.400 bits per heavy atom. The van der Waals surface area contributed by atoms with Gasteiger partial charge in [0, 0.05) is 32.5 Å². The molecule has 0 aliphatic carbocycles. The molecule has 0 amide bonds. The monoisotopic (exact) mass is 606 g/mol. The van der Waals surface area contributed by atoms with Gasteiger partial charge in [0.2, 0.25) is 0 Å². The van der Waals surface area contributed by atoms with E-state index in [0.717, 1.165) is 10.8 Å². The van der Waals surface area contributed by atoms with Crippen LogP contribution in [0.5, 0.6) is 46.0 Å². The van der Waals surface area contributed by atoms with Gasteiger partial charge in [0.05, 0.1) is 64.4 Å². The molecule has 0 atom stereocenters. The molecular formula is C36H30O9. The second kappa shape index (κ2) is 10.5. The van der Waals surface area contributed by atoms with Crippen molar-refractivity contribution in [3.63, 3.8) is 0 Å². The fourth-order valence-electron chi connectivity index (χ4n) is 6.50. The lowest BCUT2D eigenvalue weighted by molar-refractivity contribution is 0.407. The molecule has 7 aromatic rings. The van der Waals surface area contributed by atoms with E-state index in [-0.39, 0.29) is 17.1 Å². The normalized spacial score (nSPS) is 11.5. The van der Waals surface area contributed by atoms with Gasteiger partial charge >= 0.3 is 0 Å². The summed E-state index contributed by atoms with van der Waals surface area (Å²) in [5.74, 6) is 2.88. The van der Waals surface area contributed by atoms with Gasteiger partial charge in [0.25, 0.3) is 0 Å². The zero-order valence-corrected chi connectivity index (χ0v) is 25.5. The minimum atomic E-state index is -0.155. The van der Waals surface area contributed by atoms with Gasteiger partial charge in [-0.15, -0.1) is 0 Å². The fraction of sp³-hybridized carbons (Fsp3) is 0.167. The zero-order chi connectivity index (χ0) is 31.6. The Morgan fingerprint density at radius 2 is 0.844 bits per heavy atom. The SMILES string of the molecule is COc1ccc(OC)c2c(O)c(-c3c(O)c4c(OC)ccc(OC)c4c4c3oc3c4ccc4c(OC)ccc(OC)c43)ccc12. The molecule has 9 heteroatoms. The molecular weight excluding hydrogens is 576 g/mol. The van der Waals surface area contributed by atoms with E-state index in [1.54, 1.807) is 58.8 Å². The summed E-state index contributed by atoms with van der Waals surface area (Å²) in [7, 11) is 9.40. The summed E-state index contributed by atoms with van der Waals surface area (Å²) >= 11 is 0. The molecule has 0 saturated carbocycles. The Balaban J connectivity index is 1.76. The fourth-order valence-corrected chi connectivity index (χ4v) is 6.50. The van der Waals surface area contributed by atoms with E-state index in [1.807, 2.05) is 30.3 Å². The average molecular weight is 607 g/mol. The van der Waals surface area contributed by atoms with Crippen LogP contribution in [-0.2, 0) is 0 Å². The van der Waals surface area contributed by atoms with Crippen LogP contribution >= 0.6 is 0 Å². The first-order valence-electron chi connectivity index (χ1n) is 14.1. The Bertz CT molecular complexity index is 2320. The lowest BCUT2D eigenvalue weighted by Crippen LogP contribution is -1.94. The van der Waals surface area contributed by atoms with Crippen molar-refractivity contribution in [2.24, 2.45) is 0 Å². The maximum atomic E-state index is 12.2. The minimum Gasteiger partial charge on any atom is -0.507 e. The van der Waals surface area contributed by atoms with Crippen LogP contribution < -0.4 is 28.4 Å². The molecule has 0 saturated heterocycles. The summed E-state index contributed by atoms with van der Waals surface area (Å²) in [6.45, 7) is 0. The molecule has 7 rings (SSSR count). The first-order valence-corrected chi connectivity index (χ1v) is 14.1. The van der Waals surface area contributed by atoms with Crippen molar-refractivity contribution >= 4 is 54.3 Å². The molecule has 228 valence electrons. The van der Waals surface area contributed by atoms with Crippen molar-refractivity contribution in [3.8, 4) is 57.1 Å². The molecule has 1 heterocycles. The number of hydrogen-bond acceptors (Lipinski definition) is 9. The zero-order valence-electron chi connectivity index (χ0n) is 25.5. The van der Waals surface area contributed by atoms with Crippen molar-refractivity contribution in [1.29, 1.82) is 0 Å². The summed E-state index contributed by atoms with van der Waals surface area (Å²) in [5.41, 5.74) is 1.42. The summed E-state index contributed by atoms with van der Waals surface area (Å²) in [4.78, 5) is 0. The highest BCUT2D eigenvalue weighted by Crippen LogP contribution is 2.56. The molecule has 2 N–H and O–H groups in total. The topological polar surface area (TPSA) is 109 Å². The summed E-state index contributed by atoms with van der Waals surface area (Å²) in [6.07, 6.45) is 0. The van der Waals surface area contributed by atoms with Gasteiger partial charge in [-0.1, -0.05) is 0 Å². The number of furan rings is 1. The Morgan fingerprint density at radius 3 is 1.42 bits per heavy atom. The maximum Gasteiger partial charge on any atom is 0.147 e. The number of fused-ring (bicyclic) bond motifs is 8. The predicted octanol–water partition coefficient (Wildman–Crippen LogP) is 8.18. The minimum absolute atomic E-state index is 0.120. The highest BCUT2D eigenvalue weighted by Gasteiger charge is 2.29. The van der Waals surface area contributed by atoms with E-state index in [9.17, 15) is 10.2 Å². The Kier molecular flexibility index (Phi) is 6.54. The van der Waals surface area contributed by atoms with Crippen molar-refractivity contribution in [2.75, 3.05) is 42.7 Å². The summed E-state index contributed by atoms with van der Waals surface area (Å²) < 4.78 is 41.0. The molecule has 0 unspecified atom stereocenters. The van der Waals surface area contributed by atoms with Gasteiger partial charge in [0.1, 0.15) is 57.2 Å². The van der Waals surface area contributed by atoms with Gasteiger partial charge < -0.3 is 43.1 Å². The third-order valence-corrected chi connectivity index (χ3v) is 8.50. The van der Waals surface area contributed by atoms with Crippen LogP contribution in [0.2, 0.25) is 0 Å². The second-order valence-corrected chi connectivity index (χ2v) is 10.4. The maximum absolute atomic E-state index is 12.2. The molecule has 0 bridgehead atoms. The molecule has 9 nitrogen and oxygen atoms in total. The first kappa shape index (κ1) is 28.1. The number of methoxy groups -OCH3 is 6. The molecule has 1 aromatic heterocycles. The molecule has 45 heavy (non-hydrogen) atoms. The number of phenols is 2. The number of benzene rings is 6. The largest absolute Gasteiger partial charge is 0.507 e. The van der Waals surface area contributed by atoms with E-state index >= 15 is 0 Å². The highest BCUT2D eigenvalue weighted by molar-refractivity contribution is 6.30. The van der Waals surface area contributed by atoms with Gasteiger partial charge in [0.15, 0.2) is 0 Å². The van der Waals surface area contributed by atoms with Crippen molar-refractivity contribution < 1.29 is 43.1 Å². The molecule has 0 spiro atoms.